The number of carbonyl (C=O) groups is 2. The van der Waals surface area contributed by atoms with Crippen LogP contribution in [0, 0.1) is 0 Å². The molecule has 0 bridgehead atoms. The Hall–Kier alpha value is -1.89. The molecule has 20 heavy (non-hydrogen) atoms. The van der Waals surface area contributed by atoms with Crippen LogP contribution in [0.5, 0.6) is 11.5 Å². The first-order valence-corrected chi connectivity index (χ1v) is 7.08. The predicted octanol–water partition coefficient (Wildman–Crippen LogP) is 1.30. The van der Waals surface area contributed by atoms with Crippen molar-refractivity contribution >= 4 is 23.6 Å². The lowest BCUT2D eigenvalue weighted by atomic mass is 10.1. The van der Waals surface area contributed by atoms with Gasteiger partial charge >= 0.3 is 5.97 Å². The normalized spacial score (nSPS) is 17.9. The van der Waals surface area contributed by atoms with E-state index in [-0.39, 0.29) is 5.91 Å². The summed E-state index contributed by atoms with van der Waals surface area (Å²) in [6, 6.07) is 4.16. The molecule has 1 aromatic rings. The van der Waals surface area contributed by atoms with Gasteiger partial charge in [0.2, 0.25) is 0 Å². The number of rotatable bonds is 4. The summed E-state index contributed by atoms with van der Waals surface area (Å²) in [7, 11) is 2.93. The summed E-state index contributed by atoms with van der Waals surface area (Å²) in [6.45, 7) is 0. The molecular weight excluding hydrogens is 282 g/mol. The van der Waals surface area contributed by atoms with E-state index in [1.54, 1.807) is 18.2 Å². The molecule has 1 aliphatic heterocycles. The summed E-state index contributed by atoms with van der Waals surface area (Å²) in [4.78, 5) is 25.0. The van der Waals surface area contributed by atoms with Gasteiger partial charge in [-0.25, -0.2) is 4.79 Å². The van der Waals surface area contributed by atoms with E-state index in [4.69, 9.17) is 14.6 Å². The lowest BCUT2D eigenvalue weighted by Crippen LogP contribution is -2.41. The summed E-state index contributed by atoms with van der Waals surface area (Å²) >= 11 is 1.42. The van der Waals surface area contributed by atoms with Gasteiger partial charge in [-0.2, -0.15) is 0 Å². The largest absolute Gasteiger partial charge is 0.493 e. The molecule has 0 spiro atoms. The smallest absolute Gasteiger partial charge is 0.327 e. The van der Waals surface area contributed by atoms with Gasteiger partial charge in [0.05, 0.1) is 25.7 Å². The number of carboxylic acids is 1. The molecule has 0 saturated carbocycles. The first kappa shape index (κ1) is 14.5. The van der Waals surface area contributed by atoms with E-state index in [2.05, 4.69) is 0 Å². The van der Waals surface area contributed by atoms with E-state index in [9.17, 15) is 9.59 Å². The summed E-state index contributed by atoms with van der Waals surface area (Å²) in [5, 5.41) is 9.14. The zero-order valence-electron chi connectivity index (χ0n) is 11.2. The molecule has 7 heteroatoms. The summed E-state index contributed by atoms with van der Waals surface area (Å²) in [5.74, 6) is 0.158. The number of carboxylic acid groups (broad SMARTS) is 1. The van der Waals surface area contributed by atoms with Gasteiger partial charge in [0.1, 0.15) is 6.04 Å². The minimum absolute atomic E-state index is 0.306. The Morgan fingerprint density at radius 2 is 2.10 bits per heavy atom. The van der Waals surface area contributed by atoms with Crippen LogP contribution in [0.1, 0.15) is 10.4 Å². The van der Waals surface area contributed by atoms with Crippen LogP contribution in [0.15, 0.2) is 18.2 Å². The van der Waals surface area contributed by atoms with Crippen molar-refractivity contribution in [2.45, 2.75) is 6.04 Å². The Labute approximate surface area is 120 Å². The predicted molar refractivity (Wildman–Crippen MR) is 74.5 cm³/mol. The third-order valence-electron chi connectivity index (χ3n) is 3.06. The van der Waals surface area contributed by atoms with Crippen LogP contribution < -0.4 is 9.47 Å². The van der Waals surface area contributed by atoms with Crippen LogP contribution >= 0.6 is 11.8 Å². The fourth-order valence-corrected chi connectivity index (χ4v) is 3.20. The minimum Gasteiger partial charge on any atom is -0.493 e. The van der Waals surface area contributed by atoms with Gasteiger partial charge in [-0.1, -0.05) is 6.07 Å². The van der Waals surface area contributed by atoms with Crippen LogP contribution in [0.4, 0.5) is 0 Å². The number of nitrogens with zero attached hydrogens (tertiary/aromatic N) is 1. The quantitative estimate of drug-likeness (QED) is 0.903. The lowest BCUT2D eigenvalue weighted by molar-refractivity contribution is -0.140. The SMILES string of the molecule is COc1cccc(C(=O)N2CSCC2C(=O)O)c1OC. The molecule has 2 rings (SSSR count). The second-order valence-corrected chi connectivity index (χ2v) is 5.17. The molecule has 0 aliphatic carbocycles. The lowest BCUT2D eigenvalue weighted by Gasteiger charge is -2.22. The van der Waals surface area contributed by atoms with Crippen molar-refractivity contribution in [3.63, 3.8) is 0 Å². The molecule has 0 radical (unpaired) electrons. The molecule has 1 N–H and O–H groups in total. The molecule has 1 heterocycles. The Balaban J connectivity index is 2.36. The number of aliphatic carboxylic acids is 1. The fourth-order valence-electron chi connectivity index (χ4n) is 2.06. The highest BCUT2D eigenvalue weighted by Gasteiger charge is 2.36. The van der Waals surface area contributed by atoms with Crippen LogP contribution in [-0.4, -0.2) is 53.8 Å². The van der Waals surface area contributed by atoms with Crippen molar-refractivity contribution in [2.75, 3.05) is 25.8 Å². The van der Waals surface area contributed by atoms with Gasteiger partial charge in [-0.15, -0.1) is 11.8 Å². The van der Waals surface area contributed by atoms with Gasteiger partial charge in [0.15, 0.2) is 11.5 Å². The summed E-state index contributed by atoms with van der Waals surface area (Å²) in [5.41, 5.74) is 0.306. The molecule has 6 nitrogen and oxygen atoms in total. The Morgan fingerprint density at radius 3 is 2.70 bits per heavy atom. The number of carbonyl (C=O) groups excluding carboxylic acids is 1. The van der Waals surface area contributed by atoms with Crippen molar-refractivity contribution in [1.82, 2.24) is 4.90 Å². The topological polar surface area (TPSA) is 76.1 Å². The molecule has 0 aromatic heterocycles. The molecule has 1 atom stereocenters. The Kier molecular flexibility index (Phi) is 4.39. The van der Waals surface area contributed by atoms with E-state index >= 15 is 0 Å². The highest BCUT2D eigenvalue weighted by atomic mass is 32.2. The Morgan fingerprint density at radius 1 is 1.35 bits per heavy atom. The zero-order chi connectivity index (χ0) is 14.7. The van der Waals surface area contributed by atoms with E-state index < -0.39 is 12.0 Å². The zero-order valence-corrected chi connectivity index (χ0v) is 12.0. The van der Waals surface area contributed by atoms with E-state index in [0.29, 0.717) is 28.7 Å². The number of para-hydroxylation sites is 1. The van der Waals surface area contributed by atoms with Crippen LogP contribution in [-0.2, 0) is 4.79 Å². The molecule has 1 aromatic carbocycles. The van der Waals surface area contributed by atoms with Crippen molar-refractivity contribution in [3.8, 4) is 11.5 Å². The van der Waals surface area contributed by atoms with E-state index in [0.717, 1.165) is 0 Å². The molecule has 1 saturated heterocycles. The number of amides is 1. The molecule has 1 amide bonds. The highest BCUT2D eigenvalue weighted by molar-refractivity contribution is 7.99. The highest BCUT2D eigenvalue weighted by Crippen LogP contribution is 2.33. The van der Waals surface area contributed by atoms with Crippen molar-refractivity contribution in [2.24, 2.45) is 0 Å². The maximum atomic E-state index is 12.5. The standard InChI is InChI=1S/C13H15NO5S/c1-18-10-5-3-4-8(11(10)19-2)12(15)14-7-20-6-9(14)13(16)17/h3-5,9H,6-7H2,1-2H3,(H,16,17). The summed E-state index contributed by atoms with van der Waals surface area (Å²) in [6.07, 6.45) is 0. The molecule has 108 valence electrons. The molecule has 1 aliphatic rings. The number of hydrogen-bond acceptors (Lipinski definition) is 5. The number of methoxy groups -OCH3 is 2. The average molecular weight is 297 g/mol. The number of hydrogen-bond donors (Lipinski definition) is 1. The number of ether oxygens (including phenoxy) is 2. The van der Waals surface area contributed by atoms with Crippen molar-refractivity contribution in [3.05, 3.63) is 23.8 Å². The third-order valence-corrected chi connectivity index (χ3v) is 4.07. The van der Waals surface area contributed by atoms with Crippen LogP contribution in [0.25, 0.3) is 0 Å². The first-order valence-electron chi connectivity index (χ1n) is 5.92. The monoisotopic (exact) mass is 297 g/mol. The third kappa shape index (κ3) is 2.53. The molecule has 1 unspecified atom stereocenters. The second kappa shape index (κ2) is 6.04. The van der Waals surface area contributed by atoms with E-state index in [1.165, 1.54) is 30.9 Å². The Bertz CT molecular complexity index is 533. The maximum Gasteiger partial charge on any atom is 0.327 e. The van der Waals surface area contributed by atoms with Gasteiger partial charge in [0, 0.05) is 5.75 Å². The van der Waals surface area contributed by atoms with Crippen LogP contribution in [0.2, 0.25) is 0 Å². The van der Waals surface area contributed by atoms with Crippen molar-refractivity contribution in [1.29, 1.82) is 0 Å². The van der Waals surface area contributed by atoms with E-state index in [1.807, 2.05) is 0 Å². The molecule has 1 fully saturated rings. The van der Waals surface area contributed by atoms with Gasteiger partial charge in [0.25, 0.3) is 5.91 Å². The average Bonchev–Trinajstić information content (AvgIpc) is 2.95. The van der Waals surface area contributed by atoms with Gasteiger partial charge in [-0.3, -0.25) is 4.79 Å². The first-order chi connectivity index (χ1) is 9.60. The second-order valence-electron chi connectivity index (χ2n) is 4.17. The number of thioether (sulfide) groups is 1. The van der Waals surface area contributed by atoms with Gasteiger partial charge < -0.3 is 19.5 Å². The number of benzene rings is 1. The molecular formula is C13H15NO5S. The van der Waals surface area contributed by atoms with Gasteiger partial charge in [-0.05, 0) is 12.1 Å². The maximum absolute atomic E-state index is 12.5. The van der Waals surface area contributed by atoms with Crippen LogP contribution in [0.3, 0.4) is 0 Å². The minimum atomic E-state index is -0.995. The summed E-state index contributed by atoms with van der Waals surface area (Å²) < 4.78 is 10.4. The van der Waals surface area contributed by atoms with Crippen molar-refractivity contribution < 1.29 is 24.2 Å². The fraction of sp³-hybridized carbons (Fsp3) is 0.385.